The number of sulfonamides is 1. The van der Waals surface area contributed by atoms with Crippen molar-refractivity contribution in [3.8, 4) is 17.2 Å². The van der Waals surface area contributed by atoms with Crippen molar-refractivity contribution in [2.45, 2.75) is 30.0 Å². The van der Waals surface area contributed by atoms with Crippen LogP contribution in [0.5, 0.6) is 5.75 Å². The number of aromatic nitrogens is 1. The molecule has 172 valence electrons. The van der Waals surface area contributed by atoms with E-state index < -0.39 is 16.1 Å². The second kappa shape index (κ2) is 8.90. The molecule has 0 bridgehead atoms. The lowest BCUT2D eigenvalue weighted by Gasteiger charge is -2.22. The number of fused-ring (bicyclic) bond motifs is 1. The number of nitrogens with one attached hydrogen (secondary N) is 1. The number of nitrogens with zero attached hydrogens (tertiary/aromatic N) is 2. The van der Waals surface area contributed by atoms with E-state index in [1.165, 1.54) is 15.6 Å². The van der Waals surface area contributed by atoms with E-state index in [9.17, 15) is 13.2 Å². The Morgan fingerprint density at radius 1 is 1.30 bits per heavy atom. The Balaban J connectivity index is 1.34. The number of thiophene rings is 1. The fourth-order valence-electron chi connectivity index (χ4n) is 3.88. The van der Waals surface area contributed by atoms with Gasteiger partial charge < -0.3 is 14.5 Å². The first-order chi connectivity index (χ1) is 16.0. The van der Waals surface area contributed by atoms with Gasteiger partial charge >= 0.3 is 0 Å². The Bertz CT molecular complexity index is 1390. The zero-order chi connectivity index (χ0) is 23.0. The number of carbonyl (C=O) groups is 1. The maximum Gasteiger partial charge on any atom is 0.253 e. The summed E-state index contributed by atoms with van der Waals surface area (Å²) >= 11 is 2.41. The van der Waals surface area contributed by atoms with Gasteiger partial charge in [0.2, 0.25) is 5.91 Å². The molecule has 0 spiro atoms. The van der Waals surface area contributed by atoms with Gasteiger partial charge in [0.15, 0.2) is 22.2 Å². The van der Waals surface area contributed by atoms with Crippen LogP contribution < -0.4 is 10.1 Å². The third kappa shape index (κ3) is 4.17. The summed E-state index contributed by atoms with van der Waals surface area (Å²) in [4.78, 5) is 17.4. The highest BCUT2D eigenvalue weighted by molar-refractivity contribution is 7.91. The van der Waals surface area contributed by atoms with E-state index in [1.54, 1.807) is 22.9 Å². The molecule has 8 nitrogen and oxygen atoms in total. The van der Waals surface area contributed by atoms with Crippen LogP contribution in [0.15, 0.2) is 55.8 Å². The summed E-state index contributed by atoms with van der Waals surface area (Å²) in [6.07, 6.45) is 1.10. The molecule has 0 aliphatic carbocycles. The lowest BCUT2D eigenvalue weighted by molar-refractivity contribution is -0.119. The minimum Gasteiger partial charge on any atom is -0.490 e. The maximum atomic E-state index is 13.0. The predicted octanol–water partition coefficient (Wildman–Crippen LogP) is 4.81. The van der Waals surface area contributed by atoms with E-state index in [1.807, 2.05) is 31.2 Å². The highest BCUT2D eigenvalue weighted by Gasteiger charge is 2.40. The van der Waals surface area contributed by atoms with Gasteiger partial charge in [0, 0.05) is 17.3 Å². The zero-order valence-electron chi connectivity index (χ0n) is 17.7. The first kappa shape index (κ1) is 22.1. The molecular weight excluding hydrogens is 482 g/mol. The molecule has 1 atom stereocenters. The second-order valence-electron chi connectivity index (χ2n) is 7.45. The van der Waals surface area contributed by atoms with Gasteiger partial charge in [-0.2, -0.15) is 4.31 Å². The van der Waals surface area contributed by atoms with E-state index in [0.29, 0.717) is 53.9 Å². The summed E-state index contributed by atoms with van der Waals surface area (Å²) in [5, 5.41) is 7.58. The summed E-state index contributed by atoms with van der Waals surface area (Å²) in [6, 6.07) is 10.1. The average Bonchev–Trinajstić information content (AvgIpc) is 3.60. The summed E-state index contributed by atoms with van der Waals surface area (Å²) in [5.41, 5.74) is 1.23. The monoisotopic (exact) mass is 503 g/mol. The molecule has 1 aromatic carbocycles. The van der Waals surface area contributed by atoms with Gasteiger partial charge in [0.25, 0.3) is 10.0 Å². The summed E-state index contributed by atoms with van der Waals surface area (Å²) < 4.78 is 39.0. The van der Waals surface area contributed by atoms with Gasteiger partial charge in [-0.15, -0.1) is 22.7 Å². The number of benzene rings is 1. The van der Waals surface area contributed by atoms with Crippen LogP contribution in [-0.2, 0) is 14.8 Å². The molecule has 1 saturated heterocycles. The van der Waals surface area contributed by atoms with Crippen LogP contribution in [0.1, 0.15) is 19.8 Å². The van der Waals surface area contributed by atoms with Crippen molar-refractivity contribution >= 4 is 54.7 Å². The number of hydrogen-bond acceptors (Lipinski definition) is 8. The van der Waals surface area contributed by atoms with Gasteiger partial charge in [-0.05, 0) is 43.3 Å². The third-order valence-electron chi connectivity index (χ3n) is 5.36. The van der Waals surface area contributed by atoms with Crippen molar-refractivity contribution in [1.29, 1.82) is 0 Å². The fourth-order valence-corrected chi connectivity index (χ4v) is 7.36. The molecule has 1 amide bonds. The SMILES string of the molecule is CCOc1cccc2cc(-c3csc(NC(=O)[C@@H]4CCCN4S(=O)(=O)c4cccs4)n3)oc12. The number of anilines is 1. The molecule has 1 fully saturated rings. The number of thiazole rings is 1. The van der Waals surface area contributed by atoms with Crippen LogP contribution in [0.3, 0.4) is 0 Å². The highest BCUT2D eigenvalue weighted by Crippen LogP contribution is 2.35. The molecule has 0 radical (unpaired) electrons. The topological polar surface area (TPSA) is 102 Å². The largest absolute Gasteiger partial charge is 0.490 e. The lowest BCUT2D eigenvalue weighted by atomic mass is 10.2. The van der Waals surface area contributed by atoms with Gasteiger partial charge in [-0.1, -0.05) is 18.2 Å². The van der Waals surface area contributed by atoms with Gasteiger partial charge in [0.1, 0.15) is 15.9 Å². The lowest BCUT2D eigenvalue weighted by Crippen LogP contribution is -2.42. The van der Waals surface area contributed by atoms with Gasteiger partial charge in [-0.25, -0.2) is 13.4 Å². The molecule has 3 aromatic heterocycles. The first-order valence-electron chi connectivity index (χ1n) is 10.4. The van der Waals surface area contributed by atoms with Crippen LogP contribution in [0.4, 0.5) is 5.13 Å². The van der Waals surface area contributed by atoms with Crippen molar-refractivity contribution in [2.24, 2.45) is 0 Å². The van der Waals surface area contributed by atoms with Crippen molar-refractivity contribution in [3.05, 3.63) is 47.2 Å². The van der Waals surface area contributed by atoms with Crippen molar-refractivity contribution in [1.82, 2.24) is 9.29 Å². The molecule has 0 unspecified atom stereocenters. The van der Waals surface area contributed by atoms with E-state index in [2.05, 4.69) is 10.3 Å². The molecule has 4 aromatic rings. The number of hydrogen-bond donors (Lipinski definition) is 1. The Morgan fingerprint density at radius 3 is 2.97 bits per heavy atom. The first-order valence-corrected chi connectivity index (χ1v) is 13.6. The molecule has 1 aliphatic rings. The Hall–Kier alpha value is -2.73. The van der Waals surface area contributed by atoms with Crippen LogP contribution >= 0.6 is 22.7 Å². The predicted molar refractivity (Wildman–Crippen MR) is 128 cm³/mol. The molecule has 33 heavy (non-hydrogen) atoms. The number of carbonyl (C=O) groups excluding carboxylic acids is 1. The van der Waals surface area contributed by atoms with Crippen LogP contribution in [0.2, 0.25) is 0 Å². The van der Waals surface area contributed by atoms with E-state index in [4.69, 9.17) is 9.15 Å². The molecule has 1 N–H and O–H groups in total. The van der Waals surface area contributed by atoms with Crippen LogP contribution in [0, 0.1) is 0 Å². The quantitative estimate of drug-likeness (QED) is 0.388. The number of rotatable bonds is 7. The molecule has 11 heteroatoms. The van der Waals surface area contributed by atoms with Crippen molar-refractivity contribution < 1.29 is 22.4 Å². The van der Waals surface area contributed by atoms with E-state index >= 15 is 0 Å². The maximum absolute atomic E-state index is 13.0. The van der Waals surface area contributed by atoms with Gasteiger partial charge in [0.05, 0.1) is 6.61 Å². The number of amides is 1. The minimum atomic E-state index is -3.70. The second-order valence-corrected chi connectivity index (χ2v) is 11.4. The molecule has 5 rings (SSSR count). The van der Waals surface area contributed by atoms with E-state index in [-0.39, 0.29) is 10.1 Å². The molecule has 1 aliphatic heterocycles. The van der Waals surface area contributed by atoms with E-state index in [0.717, 1.165) is 16.7 Å². The van der Waals surface area contributed by atoms with Crippen molar-refractivity contribution in [3.63, 3.8) is 0 Å². The molecule has 0 saturated carbocycles. The smallest absolute Gasteiger partial charge is 0.253 e. The summed E-state index contributed by atoms with van der Waals surface area (Å²) in [6.45, 7) is 2.76. The molecular formula is C22H21N3O5S3. The number of furan rings is 1. The normalized spacial score (nSPS) is 16.9. The van der Waals surface area contributed by atoms with Crippen LogP contribution in [-0.4, -0.2) is 42.8 Å². The molecule has 4 heterocycles. The Morgan fingerprint density at radius 2 is 2.18 bits per heavy atom. The van der Waals surface area contributed by atoms with Crippen molar-refractivity contribution in [2.75, 3.05) is 18.5 Å². The summed E-state index contributed by atoms with van der Waals surface area (Å²) in [5.74, 6) is 0.853. The van der Waals surface area contributed by atoms with Crippen LogP contribution in [0.25, 0.3) is 22.4 Å². The summed E-state index contributed by atoms with van der Waals surface area (Å²) in [7, 11) is -3.70. The average molecular weight is 504 g/mol. The van der Waals surface area contributed by atoms with Gasteiger partial charge in [-0.3, -0.25) is 4.79 Å². The highest BCUT2D eigenvalue weighted by atomic mass is 32.2. The number of para-hydroxylation sites is 1. The minimum absolute atomic E-state index is 0.245. The Kier molecular flexibility index (Phi) is 5.95. The zero-order valence-corrected chi connectivity index (χ0v) is 20.1. The Labute approximate surface area is 198 Å². The third-order valence-corrected chi connectivity index (χ3v) is 9.40. The standard InChI is InChI=1S/C22H21N3O5S3/c1-2-29-17-8-3-6-14-12-18(30-20(14)17)15-13-32-22(23-15)24-21(26)16-7-4-10-25(16)33(27,28)19-9-5-11-31-19/h3,5-6,8-9,11-13,16H,2,4,7,10H2,1H3,(H,23,24,26)/t16-/m0/s1. The number of ether oxygens (including phenoxy) is 1. The fraction of sp³-hybridized carbons (Fsp3) is 0.273.